The number of alkyl halides is 3. The highest BCUT2D eigenvalue weighted by atomic mass is 79.9. The van der Waals surface area contributed by atoms with Crippen molar-refractivity contribution in [2.75, 3.05) is 5.32 Å². The Morgan fingerprint density at radius 1 is 1.13 bits per heavy atom. The largest absolute Gasteiger partial charge is 0.573 e. The average molecular weight is 386 g/mol. The van der Waals surface area contributed by atoms with Gasteiger partial charge in [0.1, 0.15) is 5.75 Å². The van der Waals surface area contributed by atoms with E-state index >= 15 is 0 Å². The lowest BCUT2D eigenvalue weighted by Crippen LogP contribution is -2.17. The molecule has 0 aromatic heterocycles. The molecule has 0 spiro atoms. The molecule has 0 aliphatic heterocycles. The summed E-state index contributed by atoms with van der Waals surface area (Å²) < 4.78 is 41.1. The van der Waals surface area contributed by atoms with Crippen LogP contribution in [0, 0.1) is 0 Å². The third-order valence-electron chi connectivity index (χ3n) is 2.68. The molecular weight excluding hydrogens is 375 g/mol. The van der Waals surface area contributed by atoms with Crippen molar-refractivity contribution in [3.63, 3.8) is 0 Å². The molecule has 1 N–H and O–H groups in total. The summed E-state index contributed by atoms with van der Waals surface area (Å²) in [6, 6.07) is 12.1. The molecule has 2 aromatic carbocycles. The van der Waals surface area contributed by atoms with E-state index in [9.17, 15) is 18.0 Å². The second-order valence-corrected chi connectivity index (χ2v) is 5.34. The summed E-state index contributed by atoms with van der Waals surface area (Å²) >= 11 is 3.27. The Kier molecular flexibility index (Phi) is 5.44. The van der Waals surface area contributed by atoms with Crippen LogP contribution in [0.4, 0.5) is 18.9 Å². The maximum absolute atomic E-state index is 12.1. The van der Waals surface area contributed by atoms with E-state index in [1.54, 1.807) is 30.3 Å². The van der Waals surface area contributed by atoms with Gasteiger partial charge in [0.25, 0.3) is 0 Å². The number of carbonyl (C=O) groups is 1. The summed E-state index contributed by atoms with van der Waals surface area (Å²) in [7, 11) is 0. The zero-order valence-corrected chi connectivity index (χ0v) is 13.2. The SMILES string of the molecule is O=C(C=CNc1cccc(OC(F)(F)F)c1)c1ccc(Br)cc1. The first-order valence-electron chi connectivity index (χ1n) is 6.42. The standard InChI is InChI=1S/C16H11BrF3NO2/c17-12-6-4-11(5-7-12)15(22)8-9-21-13-2-1-3-14(10-13)23-16(18,19)20/h1-10,21H. The Balaban J connectivity index is 1.98. The maximum atomic E-state index is 12.1. The van der Waals surface area contributed by atoms with Crippen LogP contribution < -0.4 is 10.1 Å². The number of hydrogen-bond donors (Lipinski definition) is 1. The van der Waals surface area contributed by atoms with Crippen LogP contribution in [0.3, 0.4) is 0 Å². The molecule has 0 heterocycles. The third-order valence-corrected chi connectivity index (χ3v) is 3.21. The van der Waals surface area contributed by atoms with E-state index < -0.39 is 6.36 Å². The summed E-state index contributed by atoms with van der Waals surface area (Å²) in [5.41, 5.74) is 0.868. The molecule has 0 saturated heterocycles. The minimum absolute atomic E-state index is 0.229. The number of nitrogens with one attached hydrogen (secondary N) is 1. The minimum atomic E-state index is -4.74. The van der Waals surface area contributed by atoms with Gasteiger partial charge in [-0.25, -0.2) is 0 Å². The minimum Gasteiger partial charge on any atom is -0.406 e. The van der Waals surface area contributed by atoms with Crippen molar-refractivity contribution in [1.82, 2.24) is 0 Å². The average Bonchev–Trinajstić information content (AvgIpc) is 2.46. The van der Waals surface area contributed by atoms with Crippen molar-refractivity contribution < 1.29 is 22.7 Å². The Bertz CT molecular complexity index is 712. The molecule has 0 atom stereocenters. The summed E-state index contributed by atoms with van der Waals surface area (Å²) in [4.78, 5) is 11.9. The second-order valence-electron chi connectivity index (χ2n) is 4.42. The molecule has 0 unspecified atom stereocenters. The lowest BCUT2D eigenvalue weighted by Gasteiger charge is -2.09. The van der Waals surface area contributed by atoms with Crippen LogP contribution in [0.15, 0.2) is 65.3 Å². The number of ketones is 1. The van der Waals surface area contributed by atoms with Gasteiger partial charge in [0.15, 0.2) is 5.78 Å². The van der Waals surface area contributed by atoms with Gasteiger partial charge in [-0.1, -0.05) is 22.0 Å². The predicted molar refractivity (Wildman–Crippen MR) is 84.4 cm³/mol. The van der Waals surface area contributed by atoms with Gasteiger partial charge in [0.2, 0.25) is 0 Å². The van der Waals surface area contributed by atoms with Crippen molar-refractivity contribution in [3.8, 4) is 5.75 Å². The number of carbonyl (C=O) groups excluding carboxylic acids is 1. The summed E-state index contributed by atoms with van der Waals surface area (Å²) in [5, 5.41) is 2.72. The molecular formula is C16H11BrF3NO2. The summed E-state index contributed by atoms with van der Waals surface area (Å²) in [6.45, 7) is 0. The number of anilines is 1. The quantitative estimate of drug-likeness (QED) is 0.570. The topological polar surface area (TPSA) is 38.3 Å². The molecule has 0 aliphatic rings. The lowest BCUT2D eigenvalue weighted by atomic mass is 10.1. The maximum Gasteiger partial charge on any atom is 0.573 e. The van der Waals surface area contributed by atoms with Gasteiger partial charge in [0, 0.05) is 34.1 Å². The predicted octanol–water partition coefficient (Wildman–Crippen LogP) is 5.16. The summed E-state index contributed by atoms with van der Waals surface area (Å²) in [6.07, 6.45) is -2.09. The molecule has 0 fully saturated rings. The van der Waals surface area contributed by atoms with Gasteiger partial charge in [-0.2, -0.15) is 0 Å². The number of ether oxygens (including phenoxy) is 1. The van der Waals surface area contributed by atoms with Gasteiger partial charge < -0.3 is 10.1 Å². The number of rotatable bonds is 5. The zero-order valence-electron chi connectivity index (χ0n) is 11.6. The first kappa shape index (κ1) is 17.1. The first-order chi connectivity index (χ1) is 10.8. The van der Waals surface area contributed by atoms with Gasteiger partial charge in [0.05, 0.1) is 0 Å². The molecule has 2 aromatic rings. The fourth-order valence-corrected chi connectivity index (χ4v) is 1.97. The van der Waals surface area contributed by atoms with E-state index in [0.29, 0.717) is 11.3 Å². The fraction of sp³-hybridized carbons (Fsp3) is 0.0625. The Hall–Kier alpha value is -2.28. The highest BCUT2D eigenvalue weighted by Gasteiger charge is 2.31. The number of hydrogen-bond acceptors (Lipinski definition) is 3. The smallest absolute Gasteiger partial charge is 0.406 e. The van der Waals surface area contributed by atoms with E-state index in [0.717, 1.165) is 4.47 Å². The van der Waals surface area contributed by atoms with Crippen LogP contribution in [0.1, 0.15) is 10.4 Å². The van der Waals surface area contributed by atoms with Crippen LogP contribution >= 0.6 is 15.9 Å². The fourth-order valence-electron chi connectivity index (χ4n) is 1.71. The van der Waals surface area contributed by atoms with Crippen molar-refractivity contribution >= 4 is 27.4 Å². The Morgan fingerprint density at radius 3 is 2.48 bits per heavy atom. The van der Waals surface area contributed by atoms with Crippen molar-refractivity contribution in [2.24, 2.45) is 0 Å². The number of halogens is 4. The van der Waals surface area contributed by atoms with E-state index in [-0.39, 0.29) is 11.5 Å². The molecule has 7 heteroatoms. The van der Waals surface area contributed by atoms with Gasteiger partial charge in [-0.3, -0.25) is 4.79 Å². The zero-order chi connectivity index (χ0) is 16.9. The number of benzene rings is 2. The van der Waals surface area contributed by atoms with Crippen molar-refractivity contribution in [1.29, 1.82) is 0 Å². The van der Waals surface area contributed by atoms with Gasteiger partial charge in [-0.15, -0.1) is 13.2 Å². The highest BCUT2D eigenvalue weighted by Crippen LogP contribution is 2.25. The van der Waals surface area contributed by atoms with Crippen LogP contribution in [-0.2, 0) is 0 Å². The molecule has 2 rings (SSSR count). The van der Waals surface area contributed by atoms with Crippen LogP contribution in [0.2, 0.25) is 0 Å². The molecule has 120 valence electrons. The molecule has 0 radical (unpaired) electrons. The van der Waals surface area contributed by atoms with E-state index in [1.165, 1.54) is 30.5 Å². The summed E-state index contributed by atoms with van der Waals surface area (Å²) in [5.74, 6) is -0.567. The van der Waals surface area contributed by atoms with Gasteiger partial charge in [-0.05, 0) is 36.4 Å². The Labute approximate surface area is 138 Å². The van der Waals surface area contributed by atoms with Crippen LogP contribution in [0.5, 0.6) is 5.75 Å². The number of allylic oxidation sites excluding steroid dienone is 1. The van der Waals surface area contributed by atoms with Crippen LogP contribution in [0.25, 0.3) is 0 Å². The van der Waals surface area contributed by atoms with E-state index in [4.69, 9.17) is 0 Å². The second kappa shape index (κ2) is 7.32. The van der Waals surface area contributed by atoms with E-state index in [1.807, 2.05) is 0 Å². The molecule has 3 nitrogen and oxygen atoms in total. The van der Waals surface area contributed by atoms with E-state index in [2.05, 4.69) is 26.0 Å². The highest BCUT2D eigenvalue weighted by molar-refractivity contribution is 9.10. The molecule has 0 bridgehead atoms. The molecule has 23 heavy (non-hydrogen) atoms. The molecule has 0 aliphatic carbocycles. The van der Waals surface area contributed by atoms with Crippen LogP contribution in [-0.4, -0.2) is 12.1 Å². The molecule has 0 amide bonds. The first-order valence-corrected chi connectivity index (χ1v) is 7.21. The lowest BCUT2D eigenvalue weighted by molar-refractivity contribution is -0.274. The molecule has 0 saturated carbocycles. The van der Waals surface area contributed by atoms with Crippen molar-refractivity contribution in [2.45, 2.75) is 6.36 Å². The van der Waals surface area contributed by atoms with Gasteiger partial charge >= 0.3 is 6.36 Å². The Morgan fingerprint density at radius 2 is 1.83 bits per heavy atom. The normalized spacial score (nSPS) is 11.5. The van der Waals surface area contributed by atoms with Crippen molar-refractivity contribution in [3.05, 3.63) is 70.8 Å². The monoisotopic (exact) mass is 385 g/mol. The third kappa shape index (κ3) is 5.78.